The van der Waals surface area contributed by atoms with Crippen LogP contribution in [0.25, 0.3) is 0 Å². The van der Waals surface area contributed by atoms with Crippen molar-refractivity contribution in [3.05, 3.63) is 24.0 Å². The number of hydrogen-bond donors (Lipinski definition) is 1. The monoisotopic (exact) mass is 264 g/mol. The Morgan fingerprint density at radius 2 is 2.26 bits per heavy atom. The number of methoxy groups -OCH3 is 1. The summed E-state index contributed by atoms with van der Waals surface area (Å²) in [5.41, 5.74) is 2.26. The van der Waals surface area contributed by atoms with Crippen LogP contribution < -0.4 is 4.90 Å². The van der Waals surface area contributed by atoms with E-state index >= 15 is 0 Å². The molecule has 0 amide bonds. The molecule has 2 rings (SSSR count). The first kappa shape index (κ1) is 14.3. The first-order valence-corrected chi connectivity index (χ1v) is 6.99. The number of aliphatic hydroxyl groups excluding tert-OH is 1. The lowest BCUT2D eigenvalue weighted by Crippen LogP contribution is -2.45. The minimum Gasteiger partial charge on any atom is -0.393 e. The zero-order valence-corrected chi connectivity index (χ0v) is 12.0. The molecule has 19 heavy (non-hydrogen) atoms. The zero-order valence-electron chi connectivity index (χ0n) is 12.0. The van der Waals surface area contributed by atoms with Gasteiger partial charge in [-0.15, -0.1) is 0 Å². The van der Waals surface area contributed by atoms with Crippen LogP contribution in [0.2, 0.25) is 0 Å². The van der Waals surface area contributed by atoms with Crippen LogP contribution in [0, 0.1) is 5.92 Å². The first-order chi connectivity index (χ1) is 9.11. The minimum absolute atomic E-state index is 0.184. The van der Waals surface area contributed by atoms with E-state index in [9.17, 15) is 5.11 Å². The van der Waals surface area contributed by atoms with Crippen LogP contribution in [0.1, 0.15) is 31.9 Å². The third kappa shape index (κ3) is 3.45. The highest BCUT2D eigenvalue weighted by molar-refractivity contribution is 5.45. The van der Waals surface area contributed by atoms with Crippen molar-refractivity contribution in [1.82, 2.24) is 4.98 Å². The summed E-state index contributed by atoms with van der Waals surface area (Å²) in [6, 6.07) is 4.22. The van der Waals surface area contributed by atoms with E-state index in [1.165, 1.54) is 0 Å². The molecule has 1 aliphatic rings. The highest BCUT2D eigenvalue weighted by Crippen LogP contribution is 2.24. The van der Waals surface area contributed by atoms with Crippen molar-refractivity contribution in [2.24, 2.45) is 5.92 Å². The fraction of sp³-hybridized carbons (Fsp3) is 0.667. The molecule has 0 saturated carbocycles. The zero-order chi connectivity index (χ0) is 13.8. The molecule has 0 radical (unpaired) electrons. The standard InChI is InChI=1S/C15H24N2O2/c1-11(2)14-5-4-13(8-16-14)17-7-6-15(18)12(9-17)10-19-3/h4-5,8,11-12,15,18H,6-7,9-10H2,1-3H3/t12-,15-/m1/s1. The predicted octanol–water partition coefficient (Wildman–Crippen LogP) is 2.04. The number of ether oxygens (including phenoxy) is 1. The minimum atomic E-state index is -0.251. The molecule has 1 aromatic rings. The van der Waals surface area contributed by atoms with E-state index in [0.717, 1.165) is 30.9 Å². The van der Waals surface area contributed by atoms with E-state index < -0.39 is 0 Å². The Morgan fingerprint density at radius 3 is 2.84 bits per heavy atom. The van der Waals surface area contributed by atoms with Gasteiger partial charge >= 0.3 is 0 Å². The molecule has 106 valence electrons. The quantitative estimate of drug-likeness (QED) is 0.904. The highest BCUT2D eigenvalue weighted by Gasteiger charge is 2.27. The summed E-state index contributed by atoms with van der Waals surface area (Å²) in [7, 11) is 1.69. The average molecular weight is 264 g/mol. The Morgan fingerprint density at radius 1 is 1.47 bits per heavy atom. The van der Waals surface area contributed by atoms with E-state index in [2.05, 4.69) is 35.9 Å². The summed E-state index contributed by atoms with van der Waals surface area (Å²) in [4.78, 5) is 6.79. The molecule has 1 aromatic heterocycles. The molecule has 0 aliphatic carbocycles. The Labute approximate surface area is 115 Å². The Bertz CT molecular complexity index is 392. The number of hydrogen-bond acceptors (Lipinski definition) is 4. The van der Waals surface area contributed by atoms with E-state index in [1.807, 2.05) is 6.20 Å². The second-order valence-electron chi connectivity index (χ2n) is 5.61. The molecule has 1 saturated heterocycles. The summed E-state index contributed by atoms with van der Waals surface area (Å²) in [6.45, 7) is 6.61. The molecular weight excluding hydrogens is 240 g/mol. The van der Waals surface area contributed by atoms with E-state index in [0.29, 0.717) is 12.5 Å². The van der Waals surface area contributed by atoms with E-state index in [4.69, 9.17) is 4.74 Å². The van der Waals surface area contributed by atoms with Crippen molar-refractivity contribution in [2.75, 3.05) is 31.7 Å². The predicted molar refractivity (Wildman–Crippen MR) is 76.5 cm³/mol. The summed E-state index contributed by atoms with van der Waals surface area (Å²) in [6.07, 6.45) is 2.48. The van der Waals surface area contributed by atoms with Crippen molar-refractivity contribution in [1.29, 1.82) is 0 Å². The molecule has 4 heteroatoms. The van der Waals surface area contributed by atoms with Crippen LogP contribution in [-0.4, -0.2) is 43.0 Å². The fourth-order valence-corrected chi connectivity index (χ4v) is 2.56. The number of anilines is 1. The topological polar surface area (TPSA) is 45.6 Å². The molecule has 2 heterocycles. The number of rotatable bonds is 4. The molecule has 0 bridgehead atoms. The van der Waals surface area contributed by atoms with Crippen molar-refractivity contribution in [3.8, 4) is 0 Å². The van der Waals surface area contributed by atoms with Crippen molar-refractivity contribution in [2.45, 2.75) is 32.3 Å². The lowest BCUT2D eigenvalue weighted by atomic mass is 9.95. The van der Waals surface area contributed by atoms with Gasteiger partial charge < -0.3 is 14.7 Å². The second-order valence-corrected chi connectivity index (χ2v) is 5.61. The smallest absolute Gasteiger partial charge is 0.0624 e. The van der Waals surface area contributed by atoms with Gasteiger partial charge in [-0.25, -0.2) is 0 Å². The number of pyridine rings is 1. The number of aliphatic hydroxyl groups is 1. The van der Waals surface area contributed by atoms with Gasteiger partial charge in [0.25, 0.3) is 0 Å². The maximum atomic E-state index is 9.96. The van der Waals surface area contributed by atoms with Gasteiger partial charge in [-0.3, -0.25) is 4.98 Å². The highest BCUT2D eigenvalue weighted by atomic mass is 16.5. The molecule has 0 spiro atoms. The van der Waals surface area contributed by atoms with Gasteiger partial charge in [0.1, 0.15) is 0 Å². The summed E-state index contributed by atoms with van der Waals surface area (Å²) < 4.78 is 5.18. The van der Waals surface area contributed by atoms with Crippen LogP contribution in [0.3, 0.4) is 0 Å². The number of piperidine rings is 1. The molecule has 0 aromatic carbocycles. The van der Waals surface area contributed by atoms with Gasteiger partial charge in [-0.05, 0) is 24.5 Å². The molecule has 0 unspecified atom stereocenters. The van der Waals surface area contributed by atoms with Crippen molar-refractivity contribution < 1.29 is 9.84 Å². The maximum Gasteiger partial charge on any atom is 0.0624 e. The number of nitrogens with zero attached hydrogens (tertiary/aromatic N) is 2. The van der Waals surface area contributed by atoms with Gasteiger partial charge in [-0.1, -0.05) is 13.8 Å². The molecule has 1 aliphatic heterocycles. The van der Waals surface area contributed by atoms with Gasteiger partial charge in [0.2, 0.25) is 0 Å². The van der Waals surface area contributed by atoms with Gasteiger partial charge in [0, 0.05) is 31.8 Å². The lowest BCUT2D eigenvalue weighted by molar-refractivity contribution is 0.0359. The molecule has 1 fully saturated rings. The Balaban J connectivity index is 2.05. The maximum absolute atomic E-state index is 9.96. The molecule has 1 N–H and O–H groups in total. The Kier molecular flexibility index (Phi) is 4.77. The first-order valence-electron chi connectivity index (χ1n) is 6.99. The number of aromatic nitrogens is 1. The Hall–Kier alpha value is -1.13. The summed E-state index contributed by atoms with van der Waals surface area (Å²) in [5, 5.41) is 9.96. The molecule has 2 atom stereocenters. The van der Waals surface area contributed by atoms with Gasteiger partial charge in [0.05, 0.1) is 24.6 Å². The van der Waals surface area contributed by atoms with E-state index in [-0.39, 0.29) is 12.0 Å². The van der Waals surface area contributed by atoms with Crippen molar-refractivity contribution >= 4 is 5.69 Å². The largest absolute Gasteiger partial charge is 0.393 e. The molecular formula is C15H24N2O2. The van der Waals surface area contributed by atoms with E-state index in [1.54, 1.807) is 7.11 Å². The van der Waals surface area contributed by atoms with Crippen molar-refractivity contribution in [3.63, 3.8) is 0 Å². The summed E-state index contributed by atoms with van der Waals surface area (Å²) in [5.74, 6) is 0.641. The fourth-order valence-electron chi connectivity index (χ4n) is 2.56. The van der Waals surface area contributed by atoms with Gasteiger partial charge in [-0.2, -0.15) is 0 Å². The van der Waals surface area contributed by atoms with Crippen LogP contribution in [-0.2, 0) is 4.74 Å². The average Bonchev–Trinajstić information content (AvgIpc) is 2.41. The summed E-state index contributed by atoms with van der Waals surface area (Å²) >= 11 is 0. The third-order valence-corrected chi connectivity index (χ3v) is 3.80. The van der Waals surface area contributed by atoms with Crippen LogP contribution in [0.15, 0.2) is 18.3 Å². The third-order valence-electron chi connectivity index (χ3n) is 3.80. The second kappa shape index (κ2) is 6.35. The SMILES string of the molecule is COC[C@H]1CN(c2ccc(C(C)C)nc2)CC[C@H]1O. The van der Waals surface area contributed by atoms with Crippen LogP contribution >= 0.6 is 0 Å². The lowest BCUT2D eigenvalue weighted by Gasteiger charge is -2.37. The molecule has 4 nitrogen and oxygen atoms in total. The van der Waals surface area contributed by atoms with Crippen LogP contribution in [0.5, 0.6) is 0 Å². The normalized spacial score (nSPS) is 23.9. The van der Waals surface area contributed by atoms with Gasteiger partial charge in [0.15, 0.2) is 0 Å². The van der Waals surface area contributed by atoms with Crippen LogP contribution in [0.4, 0.5) is 5.69 Å².